The number of hydrogen-bond acceptors (Lipinski definition) is 4. The van der Waals surface area contributed by atoms with Crippen molar-refractivity contribution < 1.29 is 13.2 Å². The number of aromatic nitrogens is 1. The number of amides is 2. The van der Waals surface area contributed by atoms with Crippen molar-refractivity contribution in [3.63, 3.8) is 0 Å². The first-order valence-corrected chi connectivity index (χ1v) is 6.15. The first-order valence-electron chi connectivity index (χ1n) is 4.67. The van der Waals surface area contributed by atoms with Crippen LogP contribution in [0.25, 0.3) is 10.9 Å². The third kappa shape index (κ3) is 2.34. The minimum absolute atomic E-state index is 0.241. The third-order valence-electron chi connectivity index (χ3n) is 2.08. The Hall–Kier alpha value is -2.15. The summed E-state index contributed by atoms with van der Waals surface area (Å²) < 4.78 is 24.9. The van der Waals surface area contributed by atoms with E-state index in [9.17, 15) is 13.2 Å². The van der Waals surface area contributed by atoms with Gasteiger partial charge in [0.1, 0.15) is 0 Å². The summed E-state index contributed by atoms with van der Waals surface area (Å²) >= 11 is 0. The van der Waals surface area contributed by atoms with Gasteiger partial charge in [-0.05, 0) is 18.2 Å². The minimum Gasteiger partial charge on any atom is -0.351 e. The Morgan fingerprint density at radius 3 is 2.59 bits per heavy atom. The van der Waals surface area contributed by atoms with Crippen LogP contribution in [-0.4, -0.2) is 19.4 Å². The lowest BCUT2D eigenvalue weighted by molar-refractivity contribution is 0.253. The first kappa shape index (κ1) is 11.3. The van der Waals surface area contributed by atoms with Gasteiger partial charge in [-0.1, -0.05) is 18.2 Å². The SMILES string of the molecule is NC(=O)NS(=O)(=O)c1ccc2ccccc2n1. The number of carbonyl (C=O) groups excluding carboxylic acids is 1. The molecule has 2 amide bonds. The largest absolute Gasteiger partial charge is 0.351 e. The van der Waals surface area contributed by atoms with Gasteiger partial charge >= 0.3 is 6.03 Å². The van der Waals surface area contributed by atoms with Gasteiger partial charge < -0.3 is 5.73 Å². The van der Waals surface area contributed by atoms with Gasteiger partial charge in [0, 0.05) is 5.39 Å². The molecule has 0 unspecified atom stereocenters. The molecule has 0 saturated carbocycles. The van der Waals surface area contributed by atoms with Crippen LogP contribution in [0.2, 0.25) is 0 Å². The van der Waals surface area contributed by atoms with Gasteiger partial charge in [-0.25, -0.2) is 14.5 Å². The van der Waals surface area contributed by atoms with Crippen molar-refractivity contribution in [2.75, 3.05) is 0 Å². The first-order chi connectivity index (χ1) is 7.99. The van der Waals surface area contributed by atoms with E-state index in [2.05, 4.69) is 4.98 Å². The van der Waals surface area contributed by atoms with E-state index in [0.717, 1.165) is 5.39 Å². The summed E-state index contributed by atoms with van der Waals surface area (Å²) in [6.07, 6.45) is 0. The maximum absolute atomic E-state index is 11.6. The standard InChI is InChI=1S/C10H9N3O3S/c11-10(14)13-17(15,16)9-6-5-7-3-1-2-4-8(7)12-9/h1-6H,(H3,11,13,14). The Balaban J connectivity index is 2.53. The molecular weight excluding hydrogens is 242 g/mol. The van der Waals surface area contributed by atoms with Gasteiger partial charge in [-0.15, -0.1) is 0 Å². The number of sulfonamides is 1. The van der Waals surface area contributed by atoms with Gasteiger partial charge in [0.2, 0.25) is 0 Å². The van der Waals surface area contributed by atoms with Crippen LogP contribution < -0.4 is 10.5 Å². The van der Waals surface area contributed by atoms with E-state index in [1.807, 2.05) is 6.07 Å². The normalized spacial score (nSPS) is 11.3. The van der Waals surface area contributed by atoms with Crippen molar-refractivity contribution in [2.45, 2.75) is 5.03 Å². The number of nitrogens with one attached hydrogen (secondary N) is 1. The van der Waals surface area contributed by atoms with Gasteiger partial charge in [0.15, 0.2) is 5.03 Å². The maximum Gasteiger partial charge on any atom is 0.326 e. The van der Waals surface area contributed by atoms with Gasteiger partial charge in [-0.3, -0.25) is 0 Å². The zero-order valence-electron chi connectivity index (χ0n) is 8.62. The van der Waals surface area contributed by atoms with Crippen molar-refractivity contribution >= 4 is 27.0 Å². The topological polar surface area (TPSA) is 102 Å². The third-order valence-corrected chi connectivity index (χ3v) is 3.33. The molecule has 0 fully saturated rings. The molecule has 17 heavy (non-hydrogen) atoms. The Morgan fingerprint density at radius 2 is 1.88 bits per heavy atom. The highest BCUT2D eigenvalue weighted by Crippen LogP contribution is 2.14. The fourth-order valence-electron chi connectivity index (χ4n) is 1.38. The number of benzene rings is 1. The number of nitrogens with two attached hydrogens (primary N) is 1. The minimum atomic E-state index is -3.99. The zero-order valence-corrected chi connectivity index (χ0v) is 9.44. The second-order valence-electron chi connectivity index (χ2n) is 3.31. The summed E-state index contributed by atoms with van der Waals surface area (Å²) in [5.74, 6) is 0. The van der Waals surface area contributed by atoms with Gasteiger partial charge in [0.05, 0.1) is 5.52 Å². The van der Waals surface area contributed by atoms with Crippen LogP contribution in [0.4, 0.5) is 4.79 Å². The van der Waals surface area contributed by atoms with E-state index >= 15 is 0 Å². The molecule has 0 atom stereocenters. The monoisotopic (exact) mass is 251 g/mol. The van der Waals surface area contributed by atoms with Crippen molar-refractivity contribution in [3.05, 3.63) is 36.4 Å². The summed E-state index contributed by atoms with van der Waals surface area (Å²) in [6.45, 7) is 0. The van der Waals surface area contributed by atoms with E-state index in [1.54, 1.807) is 29.0 Å². The molecule has 0 aliphatic rings. The summed E-state index contributed by atoms with van der Waals surface area (Å²) in [4.78, 5) is 14.5. The molecule has 1 heterocycles. The van der Waals surface area contributed by atoms with E-state index in [4.69, 9.17) is 5.73 Å². The summed E-state index contributed by atoms with van der Waals surface area (Å²) in [6, 6.07) is 8.83. The molecule has 0 aliphatic carbocycles. The average molecular weight is 251 g/mol. The number of primary amides is 1. The van der Waals surface area contributed by atoms with Crippen LogP contribution in [0.15, 0.2) is 41.4 Å². The number of pyridine rings is 1. The average Bonchev–Trinajstić information content (AvgIpc) is 2.26. The molecule has 3 N–H and O–H groups in total. The lowest BCUT2D eigenvalue weighted by Crippen LogP contribution is -2.35. The predicted octanol–water partition coefficient (Wildman–Crippen LogP) is 0.592. The van der Waals surface area contributed by atoms with E-state index in [-0.39, 0.29) is 5.03 Å². The lowest BCUT2D eigenvalue weighted by Gasteiger charge is -2.04. The van der Waals surface area contributed by atoms with E-state index in [1.165, 1.54) is 6.07 Å². The fourth-order valence-corrected chi connectivity index (χ4v) is 2.22. The van der Waals surface area contributed by atoms with Crippen molar-refractivity contribution in [1.29, 1.82) is 0 Å². The maximum atomic E-state index is 11.6. The molecule has 6 nitrogen and oxygen atoms in total. The molecule has 0 aliphatic heterocycles. The lowest BCUT2D eigenvalue weighted by atomic mass is 10.2. The summed E-state index contributed by atoms with van der Waals surface area (Å²) in [5, 5.41) is 0.570. The van der Waals surface area contributed by atoms with Crippen molar-refractivity contribution in [3.8, 4) is 0 Å². The molecule has 88 valence electrons. The summed E-state index contributed by atoms with van der Waals surface area (Å²) in [7, 11) is -3.99. The molecule has 2 rings (SSSR count). The highest BCUT2D eigenvalue weighted by Gasteiger charge is 2.17. The number of carbonyl (C=O) groups is 1. The smallest absolute Gasteiger partial charge is 0.326 e. The van der Waals surface area contributed by atoms with Gasteiger partial charge in [0.25, 0.3) is 10.0 Å². The van der Waals surface area contributed by atoms with Crippen LogP contribution in [0.5, 0.6) is 0 Å². The van der Waals surface area contributed by atoms with Crippen LogP contribution in [0.3, 0.4) is 0 Å². The highest BCUT2D eigenvalue weighted by molar-refractivity contribution is 7.90. The van der Waals surface area contributed by atoms with Crippen molar-refractivity contribution in [2.24, 2.45) is 5.73 Å². The second kappa shape index (κ2) is 4.02. The molecule has 7 heteroatoms. The summed E-state index contributed by atoms with van der Waals surface area (Å²) in [5.41, 5.74) is 5.30. The van der Waals surface area contributed by atoms with Gasteiger partial charge in [-0.2, -0.15) is 8.42 Å². The number of nitrogens with zero attached hydrogens (tertiary/aromatic N) is 1. The Morgan fingerprint density at radius 1 is 1.18 bits per heavy atom. The Bertz CT molecular complexity index is 682. The van der Waals surface area contributed by atoms with Crippen LogP contribution in [0.1, 0.15) is 0 Å². The van der Waals surface area contributed by atoms with E-state index in [0.29, 0.717) is 5.52 Å². The fraction of sp³-hybridized carbons (Fsp3) is 0. The highest BCUT2D eigenvalue weighted by atomic mass is 32.2. The quantitative estimate of drug-likeness (QED) is 0.815. The Labute approximate surface area is 97.5 Å². The molecular formula is C10H9N3O3S. The van der Waals surface area contributed by atoms with E-state index < -0.39 is 16.1 Å². The van der Waals surface area contributed by atoms with Crippen LogP contribution in [-0.2, 0) is 10.0 Å². The predicted molar refractivity (Wildman–Crippen MR) is 61.6 cm³/mol. The van der Waals surface area contributed by atoms with Crippen LogP contribution in [0, 0.1) is 0 Å². The number of fused-ring (bicyclic) bond motifs is 1. The number of urea groups is 1. The van der Waals surface area contributed by atoms with Crippen molar-refractivity contribution in [1.82, 2.24) is 9.71 Å². The second-order valence-corrected chi connectivity index (χ2v) is 4.94. The molecule has 0 radical (unpaired) electrons. The molecule has 0 bridgehead atoms. The molecule has 1 aromatic heterocycles. The number of rotatable bonds is 2. The Kier molecular flexibility index (Phi) is 2.68. The molecule has 0 spiro atoms. The molecule has 0 saturated heterocycles. The molecule has 2 aromatic rings. The number of para-hydroxylation sites is 1. The van der Waals surface area contributed by atoms with Crippen LogP contribution >= 0.6 is 0 Å². The molecule has 1 aromatic carbocycles. The number of hydrogen-bond donors (Lipinski definition) is 2. The zero-order chi connectivity index (χ0) is 12.5.